The quantitative estimate of drug-likeness (QED) is 0.908. The highest BCUT2D eigenvalue weighted by Crippen LogP contribution is 2.31. The number of amides is 1. The van der Waals surface area contributed by atoms with E-state index >= 15 is 0 Å². The molecule has 1 saturated carbocycles. The molecule has 2 rings (SSSR count). The molecule has 1 aromatic carbocycles. The Morgan fingerprint density at radius 2 is 1.86 bits per heavy atom. The van der Waals surface area contributed by atoms with Crippen molar-refractivity contribution in [3.63, 3.8) is 0 Å². The van der Waals surface area contributed by atoms with Crippen molar-refractivity contribution >= 4 is 12.1 Å². The summed E-state index contributed by atoms with van der Waals surface area (Å²) in [5.41, 5.74) is 0.254. The number of carboxylic acids is 1. The van der Waals surface area contributed by atoms with Gasteiger partial charge >= 0.3 is 12.1 Å². The van der Waals surface area contributed by atoms with Gasteiger partial charge in [0.2, 0.25) is 0 Å². The highest BCUT2D eigenvalue weighted by atomic mass is 16.6. The fourth-order valence-corrected chi connectivity index (χ4v) is 2.34. The van der Waals surface area contributed by atoms with Gasteiger partial charge < -0.3 is 9.84 Å². The molecular weight excluding hydrogens is 282 g/mol. The average molecular weight is 305 g/mol. The van der Waals surface area contributed by atoms with E-state index in [-0.39, 0.29) is 12.5 Å². The second-order valence-electron chi connectivity index (χ2n) is 6.66. The van der Waals surface area contributed by atoms with Gasteiger partial charge in [-0.05, 0) is 39.2 Å². The molecule has 1 amide bonds. The molecule has 1 atom stereocenters. The molecule has 0 radical (unpaired) electrons. The lowest BCUT2D eigenvalue weighted by Gasteiger charge is -2.31. The first kappa shape index (κ1) is 16.3. The Bertz CT molecular complexity index is 531. The maximum Gasteiger partial charge on any atom is 0.411 e. The molecule has 5 heteroatoms. The van der Waals surface area contributed by atoms with E-state index in [1.54, 1.807) is 20.8 Å². The van der Waals surface area contributed by atoms with Crippen LogP contribution in [-0.2, 0) is 16.0 Å². The van der Waals surface area contributed by atoms with Crippen LogP contribution < -0.4 is 0 Å². The van der Waals surface area contributed by atoms with Crippen LogP contribution in [0.1, 0.15) is 39.2 Å². The van der Waals surface area contributed by atoms with Crippen molar-refractivity contribution in [1.29, 1.82) is 0 Å². The normalized spacial score (nSPS) is 16.0. The Hall–Kier alpha value is -2.04. The van der Waals surface area contributed by atoms with E-state index in [1.165, 1.54) is 4.90 Å². The summed E-state index contributed by atoms with van der Waals surface area (Å²) >= 11 is 0. The summed E-state index contributed by atoms with van der Waals surface area (Å²) in [7, 11) is 0. The van der Waals surface area contributed by atoms with Crippen LogP contribution in [0.25, 0.3) is 0 Å². The smallest absolute Gasteiger partial charge is 0.411 e. The molecule has 1 N–H and O–H groups in total. The summed E-state index contributed by atoms with van der Waals surface area (Å²) in [5.74, 6) is -0.999. The first-order valence-corrected chi connectivity index (χ1v) is 7.56. The van der Waals surface area contributed by atoms with E-state index in [9.17, 15) is 14.7 Å². The second-order valence-corrected chi connectivity index (χ2v) is 6.66. The SMILES string of the molecule is CC(C)(C)OC(=O)N(C1CC1)C(Cc1ccccc1)C(=O)O. The zero-order valence-electron chi connectivity index (χ0n) is 13.3. The minimum Gasteiger partial charge on any atom is -0.480 e. The number of carbonyl (C=O) groups is 2. The molecule has 1 unspecified atom stereocenters. The van der Waals surface area contributed by atoms with Crippen molar-refractivity contribution in [2.75, 3.05) is 0 Å². The van der Waals surface area contributed by atoms with Crippen LogP contribution in [0.15, 0.2) is 30.3 Å². The fourth-order valence-electron chi connectivity index (χ4n) is 2.34. The number of hydrogen-bond donors (Lipinski definition) is 1. The van der Waals surface area contributed by atoms with Gasteiger partial charge in [0.1, 0.15) is 11.6 Å². The number of carboxylic acid groups (broad SMARTS) is 1. The molecule has 0 aliphatic heterocycles. The molecule has 120 valence electrons. The molecule has 1 aromatic rings. The number of aliphatic carboxylic acids is 1. The van der Waals surface area contributed by atoms with Crippen molar-refractivity contribution in [1.82, 2.24) is 4.90 Å². The zero-order valence-corrected chi connectivity index (χ0v) is 13.3. The largest absolute Gasteiger partial charge is 0.480 e. The third kappa shape index (κ3) is 4.48. The summed E-state index contributed by atoms with van der Waals surface area (Å²) in [4.78, 5) is 25.5. The molecule has 0 heterocycles. The van der Waals surface area contributed by atoms with Crippen LogP contribution in [0.5, 0.6) is 0 Å². The Kier molecular flexibility index (Phi) is 4.74. The summed E-state index contributed by atoms with van der Waals surface area (Å²) in [6.07, 6.45) is 1.40. The molecule has 22 heavy (non-hydrogen) atoms. The van der Waals surface area contributed by atoms with Gasteiger partial charge in [-0.3, -0.25) is 4.90 Å². The molecule has 0 saturated heterocycles. The monoisotopic (exact) mass is 305 g/mol. The van der Waals surface area contributed by atoms with Gasteiger partial charge in [0.05, 0.1) is 0 Å². The molecule has 0 spiro atoms. The summed E-state index contributed by atoms with van der Waals surface area (Å²) in [6, 6.07) is 8.43. The number of carbonyl (C=O) groups excluding carboxylic acids is 1. The number of nitrogens with zero attached hydrogens (tertiary/aromatic N) is 1. The van der Waals surface area contributed by atoms with E-state index < -0.39 is 23.7 Å². The van der Waals surface area contributed by atoms with Crippen LogP contribution >= 0.6 is 0 Å². The predicted molar refractivity (Wildman–Crippen MR) is 82.7 cm³/mol. The van der Waals surface area contributed by atoms with Gasteiger partial charge in [0, 0.05) is 12.5 Å². The molecule has 1 aliphatic carbocycles. The highest BCUT2D eigenvalue weighted by molar-refractivity contribution is 5.81. The number of ether oxygens (including phenoxy) is 1. The van der Waals surface area contributed by atoms with Gasteiger partial charge in [-0.1, -0.05) is 30.3 Å². The first-order valence-electron chi connectivity index (χ1n) is 7.56. The van der Waals surface area contributed by atoms with Gasteiger partial charge in [0.25, 0.3) is 0 Å². The first-order chi connectivity index (χ1) is 10.3. The maximum atomic E-state index is 12.4. The van der Waals surface area contributed by atoms with Crippen molar-refractivity contribution < 1.29 is 19.4 Å². The summed E-state index contributed by atoms with van der Waals surface area (Å²) in [6.45, 7) is 5.34. The molecule has 1 fully saturated rings. The molecule has 5 nitrogen and oxygen atoms in total. The van der Waals surface area contributed by atoms with Crippen molar-refractivity contribution in [3.8, 4) is 0 Å². The maximum absolute atomic E-state index is 12.4. The van der Waals surface area contributed by atoms with E-state index in [0.29, 0.717) is 0 Å². The Morgan fingerprint density at radius 3 is 2.32 bits per heavy atom. The van der Waals surface area contributed by atoms with Crippen molar-refractivity contribution in [2.45, 2.75) is 57.7 Å². The van der Waals surface area contributed by atoms with E-state index in [0.717, 1.165) is 18.4 Å². The number of hydrogen-bond acceptors (Lipinski definition) is 3. The van der Waals surface area contributed by atoms with Gasteiger partial charge in [-0.2, -0.15) is 0 Å². The van der Waals surface area contributed by atoms with Crippen LogP contribution in [-0.4, -0.2) is 39.8 Å². The van der Waals surface area contributed by atoms with Crippen LogP contribution in [0.2, 0.25) is 0 Å². The van der Waals surface area contributed by atoms with E-state index in [1.807, 2.05) is 30.3 Å². The van der Waals surface area contributed by atoms with Gasteiger partial charge in [-0.25, -0.2) is 9.59 Å². The third-order valence-electron chi connectivity index (χ3n) is 3.44. The van der Waals surface area contributed by atoms with Crippen molar-refractivity contribution in [3.05, 3.63) is 35.9 Å². The average Bonchev–Trinajstić information content (AvgIpc) is 3.21. The van der Waals surface area contributed by atoms with E-state index in [2.05, 4.69) is 0 Å². The molecule has 1 aliphatic rings. The second kappa shape index (κ2) is 6.38. The Morgan fingerprint density at radius 1 is 1.27 bits per heavy atom. The lowest BCUT2D eigenvalue weighted by Crippen LogP contribution is -2.49. The third-order valence-corrected chi connectivity index (χ3v) is 3.44. The molecular formula is C17H23NO4. The fraction of sp³-hybridized carbons (Fsp3) is 0.529. The predicted octanol–water partition coefficient (Wildman–Crippen LogP) is 3.08. The highest BCUT2D eigenvalue weighted by Gasteiger charge is 2.42. The Labute approximate surface area is 130 Å². The van der Waals surface area contributed by atoms with Crippen LogP contribution in [0.3, 0.4) is 0 Å². The topological polar surface area (TPSA) is 66.8 Å². The van der Waals surface area contributed by atoms with Gasteiger partial charge in [0.15, 0.2) is 0 Å². The van der Waals surface area contributed by atoms with Crippen LogP contribution in [0.4, 0.5) is 4.79 Å². The summed E-state index contributed by atoms with van der Waals surface area (Å²) < 4.78 is 5.39. The minimum absolute atomic E-state index is 0.0281. The molecule has 0 bridgehead atoms. The standard InChI is InChI=1S/C17H23NO4/c1-17(2,3)22-16(21)18(13-9-10-13)14(15(19)20)11-12-7-5-4-6-8-12/h4-8,13-14H,9-11H2,1-3H3,(H,19,20). The van der Waals surface area contributed by atoms with Crippen molar-refractivity contribution in [2.24, 2.45) is 0 Å². The molecule has 0 aromatic heterocycles. The van der Waals surface area contributed by atoms with Gasteiger partial charge in [-0.15, -0.1) is 0 Å². The van der Waals surface area contributed by atoms with Crippen LogP contribution in [0, 0.1) is 0 Å². The van der Waals surface area contributed by atoms with E-state index in [4.69, 9.17) is 4.74 Å². The zero-order chi connectivity index (χ0) is 16.3. The minimum atomic E-state index is -0.999. The number of rotatable bonds is 5. The lowest BCUT2D eigenvalue weighted by atomic mass is 10.0. The lowest BCUT2D eigenvalue weighted by molar-refractivity contribution is -0.143. The Balaban J connectivity index is 2.19. The number of benzene rings is 1. The summed E-state index contributed by atoms with van der Waals surface area (Å²) in [5, 5.41) is 9.58.